The summed E-state index contributed by atoms with van der Waals surface area (Å²) in [4.78, 5) is 4.70. The number of para-hydroxylation sites is 4. The number of rotatable bonds is 4. The first kappa shape index (κ1) is 27.9. The molecule has 0 aliphatic rings. The van der Waals surface area contributed by atoms with Crippen molar-refractivity contribution in [2.75, 3.05) is 0 Å². The molecule has 0 spiro atoms. The van der Waals surface area contributed by atoms with E-state index < -0.39 is 0 Å². The Morgan fingerprint density at radius 2 is 0.941 bits per heavy atom. The second-order valence-corrected chi connectivity index (χ2v) is 12.9. The van der Waals surface area contributed by atoms with Crippen molar-refractivity contribution in [2.45, 2.75) is 0 Å². The van der Waals surface area contributed by atoms with E-state index in [0.717, 1.165) is 66.4 Å². The zero-order chi connectivity index (χ0) is 33.5. The fraction of sp³-hybridized carbons (Fsp3) is 0. The summed E-state index contributed by atoms with van der Waals surface area (Å²) >= 11 is 0. The van der Waals surface area contributed by atoms with Crippen molar-refractivity contribution in [2.24, 2.45) is 0 Å². The number of benzene rings is 6. The van der Waals surface area contributed by atoms with E-state index >= 15 is 0 Å². The van der Waals surface area contributed by atoms with Crippen molar-refractivity contribution >= 4 is 65.6 Å². The minimum absolute atomic E-state index is 0.696. The Hall–Kier alpha value is -7.05. The van der Waals surface area contributed by atoms with Gasteiger partial charge in [0.25, 0.3) is 0 Å². The summed E-state index contributed by atoms with van der Waals surface area (Å²) in [6, 6.07) is 51.2. The van der Waals surface area contributed by atoms with Crippen LogP contribution in [-0.2, 0) is 0 Å². The molecule has 0 bridgehead atoms. The number of fused-ring (bicyclic) bond motifs is 9. The van der Waals surface area contributed by atoms with E-state index in [1.54, 1.807) is 6.20 Å². The number of nitrogens with zero attached hydrogens (tertiary/aromatic N) is 5. The van der Waals surface area contributed by atoms with Crippen molar-refractivity contribution in [3.05, 3.63) is 164 Å². The first-order valence-electron chi connectivity index (χ1n) is 17.0. The van der Waals surface area contributed by atoms with Gasteiger partial charge in [-0.2, -0.15) is 5.10 Å². The highest BCUT2D eigenvalue weighted by molar-refractivity contribution is 6.15. The standard InChI is InChI=1S/C45H27N5O/c1-3-11-30(12-4-1)49-39-17-9-7-15-32(39)34-23-28(19-21-41(34)49)36-25-46-26-37-38-27-47-48-43(45(38)51-44(36)37)29-20-22-42-35(24-29)33-16-8-10-18-40(33)50(42)31-13-5-2-6-14-31/h1-27H. The van der Waals surface area contributed by atoms with E-state index in [1.165, 1.54) is 21.7 Å². The minimum atomic E-state index is 0.696. The van der Waals surface area contributed by atoms with E-state index in [4.69, 9.17) is 9.40 Å². The highest BCUT2D eigenvalue weighted by Crippen LogP contribution is 2.41. The molecule has 0 atom stereocenters. The zero-order valence-corrected chi connectivity index (χ0v) is 27.2. The second kappa shape index (κ2) is 10.7. The molecule has 0 amide bonds. The number of hydrogen-bond donors (Lipinski definition) is 0. The van der Waals surface area contributed by atoms with E-state index in [9.17, 15) is 0 Å². The van der Waals surface area contributed by atoms with Gasteiger partial charge in [-0.1, -0.05) is 84.9 Å². The lowest BCUT2D eigenvalue weighted by Gasteiger charge is -2.08. The third-order valence-electron chi connectivity index (χ3n) is 10.2. The van der Waals surface area contributed by atoms with Crippen LogP contribution in [0.25, 0.3) is 99.3 Å². The third kappa shape index (κ3) is 4.07. The van der Waals surface area contributed by atoms with Gasteiger partial charge in [0.15, 0.2) is 5.58 Å². The van der Waals surface area contributed by atoms with Crippen molar-refractivity contribution in [1.82, 2.24) is 24.3 Å². The van der Waals surface area contributed by atoms with Gasteiger partial charge in [-0.25, -0.2) is 0 Å². The Balaban J connectivity index is 1.10. The molecule has 5 aromatic heterocycles. The van der Waals surface area contributed by atoms with Crippen LogP contribution in [0.4, 0.5) is 0 Å². The Morgan fingerprint density at radius 1 is 0.412 bits per heavy atom. The SMILES string of the molecule is c1ccc(-n2c3ccccc3c3cc(-c4cncc5c4oc4c(-c6ccc7c(c6)c6ccccc6n7-c6ccccc6)nncc45)ccc32)cc1. The molecule has 11 rings (SSSR count). The fourth-order valence-corrected chi connectivity index (χ4v) is 7.89. The zero-order valence-electron chi connectivity index (χ0n) is 27.2. The molecule has 0 saturated carbocycles. The largest absolute Gasteiger partial charge is 0.453 e. The molecule has 0 saturated heterocycles. The molecule has 0 N–H and O–H groups in total. The lowest BCUT2D eigenvalue weighted by molar-refractivity contribution is 0.667. The predicted octanol–water partition coefficient (Wildman–Crippen LogP) is 11.3. The van der Waals surface area contributed by atoms with E-state index in [2.05, 4.69) is 159 Å². The van der Waals surface area contributed by atoms with Gasteiger partial charge < -0.3 is 13.6 Å². The van der Waals surface area contributed by atoms with Gasteiger partial charge in [-0.3, -0.25) is 4.98 Å². The summed E-state index contributed by atoms with van der Waals surface area (Å²) in [7, 11) is 0. The summed E-state index contributed by atoms with van der Waals surface area (Å²) in [6.07, 6.45) is 5.55. The van der Waals surface area contributed by atoms with Crippen molar-refractivity contribution in [3.63, 3.8) is 0 Å². The summed E-state index contributed by atoms with van der Waals surface area (Å²) < 4.78 is 11.5. The van der Waals surface area contributed by atoms with E-state index in [1.807, 2.05) is 18.5 Å². The lowest BCUT2D eigenvalue weighted by atomic mass is 10.0. The molecular formula is C45H27N5O. The molecule has 0 aliphatic carbocycles. The Kier molecular flexibility index (Phi) is 5.86. The van der Waals surface area contributed by atoms with Crippen LogP contribution in [0.1, 0.15) is 0 Å². The molecule has 5 heterocycles. The van der Waals surface area contributed by atoms with Gasteiger partial charge >= 0.3 is 0 Å². The van der Waals surface area contributed by atoms with Gasteiger partial charge in [0.2, 0.25) is 0 Å². The summed E-state index contributed by atoms with van der Waals surface area (Å²) in [5, 5.41) is 15.6. The van der Waals surface area contributed by atoms with Crippen LogP contribution in [0.2, 0.25) is 0 Å². The molecule has 0 fully saturated rings. The van der Waals surface area contributed by atoms with Crippen molar-refractivity contribution in [3.8, 4) is 33.8 Å². The van der Waals surface area contributed by atoms with Gasteiger partial charge in [-0.15, -0.1) is 5.10 Å². The highest BCUT2D eigenvalue weighted by atomic mass is 16.3. The Bertz CT molecular complexity index is 2920. The van der Waals surface area contributed by atoms with Crippen molar-refractivity contribution < 1.29 is 4.42 Å². The quantitative estimate of drug-likeness (QED) is 0.190. The van der Waals surface area contributed by atoms with Gasteiger partial charge in [-0.05, 0) is 66.2 Å². The van der Waals surface area contributed by atoms with Gasteiger partial charge in [0.05, 0.1) is 33.6 Å². The van der Waals surface area contributed by atoms with Crippen LogP contribution in [0.15, 0.2) is 169 Å². The van der Waals surface area contributed by atoms with Crippen LogP contribution in [-0.4, -0.2) is 24.3 Å². The molecule has 0 radical (unpaired) electrons. The van der Waals surface area contributed by atoms with Crippen LogP contribution >= 0.6 is 0 Å². The van der Waals surface area contributed by atoms with E-state index in [0.29, 0.717) is 11.3 Å². The van der Waals surface area contributed by atoms with Crippen LogP contribution in [0.3, 0.4) is 0 Å². The second-order valence-electron chi connectivity index (χ2n) is 12.9. The normalized spacial score (nSPS) is 11.9. The summed E-state index contributed by atoms with van der Waals surface area (Å²) in [5.74, 6) is 0. The Morgan fingerprint density at radius 3 is 1.59 bits per heavy atom. The fourth-order valence-electron chi connectivity index (χ4n) is 7.89. The molecule has 0 unspecified atom stereocenters. The first-order chi connectivity index (χ1) is 25.3. The van der Waals surface area contributed by atoms with E-state index in [-0.39, 0.29) is 0 Å². The molecular weight excluding hydrogens is 627 g/mol. The molecule has 11 aromatic rings. The molecule has 6 nitrogen and oxygen atoms in total. The first-order valence-corrected chi connectivity index (χ1v) is 17.0. The number of pyridine rings is 1. The lowest BCUT2D eigenvalue weighted by Crippen LogP contribution is -1.93. The van der Waals surface area contributed by atoms with Crippen LogP contribution in [0, 0.1) is 0 Å². The summed E-state index contributed by atoms with van der Waals surface area (Å²) in [6.45, 7) is 0. The highest BCUT2D eigenvalue weighted by Gasteiger charge is 2.21. The minimum Gasteiger partial charge on any atom is -0.453 e. The Labute approximate surface area is 291 Å². The average Bonchev–Trinajstić information content (AvgIpc) is 3.86. The number of furan rings is 1. The topological polar surface area (TPSA) is 61.7 Å². The number of aromatic nitrogens is 5. The predicted molar refractivity (Wildman–Crippen MR) is 207 cm³/mol. The molecule has 238 valence electrons. The maximum Gasteiger partial charge on any atom is 0.165 e. The average molecular weight is 654 g/mol. The van der Waals surface area contributed by atoms with Crippen LogP contribution < -0.4 is 0 Å². The molecule has 6 heteroatoms. The smallest absolute Gasteiger partial charge is 0.165 e. The maximum absolute atomic E-state index is 6.82. The molecule has 0 aliphatic heterocycles. The third-order valence-corrected chi connectivity index (χ3v) is 10.2. The van der Waals surface area contributed by atoms with Crippen molar-refractivity contribution in [1.29, 1.82) is 0 Å². The number of hydrogen-bond acceptors (Lipinski definition) is 4. The van der Waals surface area contributed by atoms with Crippen LogP contribution in [0.5, 0.6) is 0 Å². The molecule has 51 heavy (non-hydrogen) atoms. The molecule has 6 aromatic carbocycles. The van der Waals surface area contributed by atoms with Gasteiger partial charge in [0, 0.05) is 61.8 Å². The monoisotopic (exact) mass is 653 g/mol. The summed E-state index contributed by atoms with van der Waals surface area (Å²) in [5.41, 5.74) is 11.9. The van der Waals surface area contributed by atoms with Gasteiger partial charge in [0.1, 0.15) is 11.3 Å². The maximum atomic E-state index is 6.82.